The minimum atomic E-state index is 0.278. The minimum Gasteiger partial charge on any atom is -0.440 e. The Balaban J connectivity index is 1.31. The van der Waals surface area contributed by atoms with Gasteiger partial charge in [-0.2, -0.15) is 0 Å². The number of amides is 1. The number of nitrogens with zero attached hydrogens (tertiary/aromatic N) is 2. The molecule has 2 aromatic rings. The molecule has 2 atom stereocenters. The van der Waals surface area contributed by atoms with Crippen molar-refractivity contribution in [3.8, 4) is 0 Å². The van der Waals surface area contributed by atoms with Crippen molar-refractivity contribution in [2.45, 2.75) is 44.9 Å². The fourth-order valence-electron chi connectivity index (χ4n) is 4.40. The van der Waals surface area contributed by atoms with Crippen molar-refractivity contribution in [3.05, 3.63) is 29.1 Å². The summed E-state index contributed by atoms with van der Waals surface area (Å²) in [7, 11) is 0. The maximum absolute atomic E-state index is 12.7. The normalized spacial score (nSPS) is 22.9. The molecule has 6 heteroatoms. The molecule has 2 aliphatic rings. The van der Waals surface area contributed by atoms with Crippen molar-refractivity contribution in [1.29, 1.82) is 0 Å². The number of aromatic nitrogens is 1. The molecule has 0 aliphatic carbocycles. The summed E-state index contributed by atoms with van der Waals surface area (Å²) in [5, 5.41) is 4.13. The maximum Gasteiger partial charge on any atom is 0.222 e. The first-order chi connectivity index (χ1) is 13.1. The van der Waals surface area contributed by atoms with Crippen LogP contribution in [0.4, 0.5) is 0 Å². The zero-order valence-electron chi connectivity index (χ0n) is 15.9. The summed E-state index contributed by atoms with van der Waals surface area (Å²) in [4.78, 5) is 19.4. The van der Waals surface area contributed by atoms with E-state index in [1.54, 1.807) is 0 Å². The quantitative estimate of drug-likeness (QED) is 0.850. The maximum atomic E-state index is 12.7. The van der Waals surface area contributed by atoms with Crippen molar-refractivity contribution in [2.75, 3.05) is 26.2 Å². The lowest BCUT2D eigenvalue weighted by molar-refractivity contribution is -0.133. The van der Waals surface area contributed by atoms with Gasteiger partial charge in [-0.1, -0.05) is 18.5 Å². The number of piperidine rings is 2. The lowest BCUT2D eigenvalue weighted by Gasteiger charge is -2.33. The Morgan fingerprint density at radius 2 is 2.19 bits per heavy atom. The molecule has 146 valence electrons. The fraction of sp³-hybridized carbons (Fsp3) is 0.619. The smallest absolute Gasteiger partial charge is 0.222 e. The van der Waals surface area contributed by atoms with Gasteiger partial charge in [-0.3, -0.25) is 4.79 Å². The first-order valence-corrected chi connectivity index (χ1v) is 10.5. The Morgan fingerprint density at radius 3 is 2.93 bits per heavy atom. The SMILES string of the molecule is CC(CC(=O)N1CCC(c2nc3cc(Cl)ccc3o2)CC1)C1CCCNC1. The Kier molecular flexibility index (Phi) is 5.69. The molecule has 1 N–H and O–H groups in total. The summed E-state index contributed by atoms with van der Waals surface area (Å²) in [5.74, 6) is 2.44. The van der Waals surface area contributed by atoms with Gasteiger partial charge in [0.15, 0.2) is 11.5 Å². The number of fused-ring (bicyclic) bond motifs is 1. The van der Waals surface area contributed by atoms with E-state index < -0.39 is 0 Å². The molecular formula is C21H28ClN3O2. The lowest BCUT2D eigenvalue weighted by atomic mass is 9.85. The Bertz CT molecular complexity index is 792. The molecule has 4 rings (SSSR count). The molecule has 0 bridgehead atoms. The number of halogens is 1. The number of hydrogen-bond acceptors (Lipinski definition) is 4. The van der Waals surface area contributed by atoms with Crippen LogP contribution in [0.25, 0.3) is 11.1 Å². The van der Waals surface area contributed by atoms with E-state index in [9.17, 15) is 4.79 Å². The number of hydrogen-bond donors (Lipinski definition) is 1. The lowest BCUT2D eigenvalue weighted by Crippen LogP contribution is -2.40. The van der Waals surface area contributed by atoms with Gasteiger partial charge in [0.2, 0.25) is 5.91 Å². The second kappa shape index (κ2) is 8.19. The Morgan fingerprint density at radius 1 is 1.37 bits per heavy atom. The predicted molar refractivity (Wildman–Crippen MR) is 107 cm³/mol. The van der Waals surface area contributed by atoms with Crippen LogP contribution >= 0.6 is 11.6 Å². The summed E-state index contributed by atoms with van der Waals surface area (Å²) in [6.07, 6.45) is 4.95. The molecular weight excluding hydrogens is 362 g/mol. The van der Waals surface area contributed by atoms with Crippen LogP contribution < -0.4 is 5.32 Å². The zero-order chi connectivity index (χ0) is 18.8. The number of likely N-dealkylation sites (tertiary alicyclic amines) is 1. The van der Waals surface area contributed by atoms with Gasteiger partial charge in [0.25, 0.3) is 0 Å². The van der Waals surface area contributed by atoms with E-state index in [4.69, 9.17) is 16.0 Å². The molecule has 1 aromatic carbocycles. The second-order valence-corrected chi connectivity index (χ2v) is 8.54. The molecule has 2 unspecified atom stereocenters. The standard InChI is InChI=1S/C21H28ClN3O2/c1-14(16-3-2-8-23-13-16)11-20(26)25-9-6-15(7-10-25)21-24-18-12-17(22)4-5-19(18)27-21/h4-5,12,14-16,23H,2-3,6-11,13H2,1H3. The molecule has 1 amide bonds. The van der Waals surface area contributed by atoms with E-state index >= 15 is 0 Å². The van der Waals surface area contributed by atoms with Crippen LogP contribution in [0.2, 0.25) is 5.02 Å². The molecule has 0 spiro atoms. The first-order valence-electron chi connectivity index (χ1n) is 10.1. The summed E-state index contributed by atoms with van der Waals surface area (Å²) in [5.41, 5.74) is 1.59. The van der Waals surface area contributed by atoms with Crippen molar-refractivity contribution < 1.29 is 9.21 Å². The topological polar surface area (TPSA) is 58.4 Å². The Hall–Kier alpha value is -1.59. The van der Waals surface area contributed by atoms with Crippen molar-refractivity contribution in [1.82, 2.24) is 15.2 Å². The highest BCUT2D eigenvalue weighted by Gasteiger charge is 2.29. The third kappa shape index (κ3) is 4.30. The van der Waals surface area contributed by atoms with Gasteiger partial charge < -0.3 is 14.6 Å². The van der Waals surface area contributed by atoms with E-state index in [0.717, 1.165) is 56.0 Å². The van der Waals surface area contributed by atoms with E-state index in [1.165, 1.54) is 12.8 Å². The van der Waals surface area contributed by atoms with Crippen LogP contribution in [0.1, 0.15) is 50.8 Å². The largest absolute Gasteiger partial charge is 0.440 e. The van der Waals surface area contributed by atoms with Crippen LogP contribution in [0.5, 0.6) is 0 Å². The number of carbonyl (C=O) groups excluding carboxylic acids is 1. The average Bonchev–Trinajstić information content (AvgIpc) is 3.12. The summed E-state index contributed by atoms with van der Waals surface area (Å²) in [6, 6.07) is 5.53. The molecule has 27 heavy (non-hydrogen) atoms. The Labute approximate surface area is 165 Å². The third-order valence-corrected chi connectivity index (χ3v) is 6.43. The van der Waals surface area contributed by atoms with Crippen molar-refractivity contribution in [2.24, 2.45) is 11.8 Å². The molecule has 0 radical (unpaired) electrons. The van der Waals surface area contributed by atoms with Crippen molar-refractivity contribution >= 4 is 28.6 Å². The van der Waals surface area contributed by atoms with Gasteiger partial charge in [-0.25, -0.2) is 4.98 Å². The molecule has 2 fully saturated rings. The molecule has 1 aromatic heterocycles. The van der Waals surface area contributed by atoms with Gasteiger partial charge in [0.1, 0.15) is 5.52 Å². The van der Waals surface area contributed by atoms with Gasteiger partial charge >= 0.3 is 0 Å². The van der Waals surface area contributed by atoms with Crippen LogP contribution in [-0.2, 0) is 4.79 Å². The van der Waals surface area contributed by atoms with Gasteiger partial charge in [-0.05, 0) is 68.8 Å². The van der Waals surface area contributed by atoms with Crippen LogP contribution in [-0.4, -0.2) is 42.0 Å². The summed E-state index contributed by atoms with van der Waals surface area (Å²) >= 11 is 6.04. The monoisotopic (exact) mass is 389 g/mol. The van der Waals surface area contributed by atoms with Gasteiger partial charge in [0.05, 0.1) is 0 Å². The van der Waals surface area contributed by atoms with E-state index in [-0.39, 0.29) is 5.92 Å². The summed E-state index contributed by atoms with van der Waals surface area (Å²) < 4.78 is 5.92. The zero-order valence-corrected chi connectivity index (χ0v) is 16.7. The van der Waals surface area contributed by atoms with E-state index in [1.807, 2.05) is 23.1 Å². The molecule has 0 saturated carbocycles. The highest BCUT2D eigenvalue weighted by atomic mass is 35.5. The number of carbonyl (C=O) groups is 1. The molecule has 5 nitrogen and oxygen atoms in total. The van der Waals surface area contributed by atoms with Crippen LogP contribution in [0, 0.1) is 11.8 Å². The first kappa shape index (κ1) is 18.8. The fourth-order valence-corrected chi connectivity index (χ4v) is 4.57. The highest BCUT2D eigenvalue weighted by Crippen LogP contribution is 2.31. The average molecular weight is 390 g/mol. The minimum absolute atomic E-state index is 0.278. The molecule has 2 saturated heterocycles. The van der Waals surface area contributed by atoms with Gasteiger partial charge in [0, 0.05) is 30.5 Å². The molecule has 2 aliphatic heterocycles. The van der Waals surface area contributed by atoms with Crippen molar-refractivity contribution in [3.63, 3.8) is 0 Å². The number of nitrogens with one attached hydrogen (secondary N) is 1. The summed E-state index contributed by atoms with van der Waals surface area (Å²) in [6.45, 7) is 5.98. The molecule has 3 heterocycles. The number of oxazole rings is 1. The van der Waals surface area contributed by atoms with Crippen LogP contribution in [0.3, 0.4) is 0 Å². The highest BCUT2D eigenvalue weighted by molar-refractivity contribution is 6.31. The van der Waals surface area contributed by atoms with Crippen LogP contribution in [0.15, 0.2) is 22.6 Å². The van der Waals surface area contributed by atoms with E-state index in [0.29, 0.717) is 29.2 Å². The van der Waals surface area contributed by atoms with Gasteiger partial charge in [-0.15, -0.1) is 0 Å². The third-order valence-electron chi connectivity index (χ3n) is 6.20. The number of rotatable bonds is 4. The predicted octanol–water partition coefficient (Wildman–Crippen LogP) is 4.21. The second-order valence-electron chi connectivity index (χ2n) is 8.11. The van der Waals surface area contributed by atoms with E-state index in [2.05, 4.69) is 17.2 Å². The number of benzene rings is 1.